The lowest BCUT2D eigenvalue weighted by Crippen LogP contribution is -2.01. The van der Waals surface area contributed by atoms with Crippen LogP contribution in [0.25, 0.3) is 22.2 Å². The number of halogens is 2. The second-order valence-corrected chi connectivity index (χ2v) is 6.06. The molecule has 0 radical (unpaired) electrons. The Morgan fingerprint density at radius 1 is 1.04 bits per heavy atom. The first kappa shape index (κ1) is 17.3. The molecular weight excluding hydrogens is 365 g/mol. The third-order valence-electron chi connectivity index (χ3n) is 3.74. The number of hydrogen-bond donors (Lipinski definition) is 1. The summed E-state index contributed by atoms with van der Waals surface area (Å²) in [7, 11) is 3.06. The number of fused-ring (bicyclic) bond motifs is 1. The molecule has 0 unspecified atom stereocenters. The molecule has 1 heterocycles. The molecule has 0 aliphatic carbocycles. The van der Waals surface area contributed by atoms with Crippen molar-refractivity contribution in [3.63, 3.8) is 0 Å². The van der Waals surface area contributed by atoms with E-state index in [0.29, 0.717) is 38.7 Å². The minimum absolute atomic E-state index is 0.0687. The highest BCUT2D eigenvalue weighted by Gasteiger charge is 2.17. The van der Waals surface area contributed by atoms with Crippen molar-refractivity contribution in [2.45, 2.75) is 0 Å². The molecule has 3 rings (SSSR count). The van der Waals surface area contributed by atoms with Gasteiger partial charge in [-0.1, -0.05) is 23.2 Å². The number of ether oxygens (including phenoxy) is 2. The molecule has 0 amide bonds. The smallest absolute Gasteiger partial charge is 0.336 e. The number of nitrogens with zero attached hydrogens (tertiary/aromatic N) is 1. The summed E-state index contributed by atoms with van der Waals surface area (Å²) in [5.41, 5.74) is 1.57. The van der Waals surface area contributed by atoms with Crippen molar-refractivity contribution in [1.29, 1.82) is 0 Å². The molecule has 5 nitrogen and oxygen atoms in total. The lowest BCUT2D eigenvalue weighted by atomic mass is 10.0. The molecular formula is C18H13Cl2NO4. The van der Waals surface area contributed by atoms with Crippen LogP contribution in [-0.2, 0) is 0 Å². The summed E-state index contributed by atoms with van der Waals surface area (Å²) in [6.45, 7) is 0. The van der Waals surface area contributed by atoms with Crippen LogP contribution in [0.1, 0.15) is 10.4 Å². The second-order valence-electron chi connectivity index (χ2n) is 5.21. The Hall–Kier alpha value is -2.50. The zero-order valence-electron chi connectivity index (χ0n) is 13.3. The van der Waals surface area contributed by atoms with Crippen molar-refractivity contribution in [3.05, 3.63) is 52.0 Å². The van der Waals surface area contributed by atoms with Gasteiger partial charge >= 0.3 is 5.97 Å². The number of aromatic nitrogens is 1. The van der Waals surface area contributed by atoms with Gasteiger partial charge in [-0.3, -0.25) is 0 Å². The average Bonchev–Trinajstić information content (AvgIpc) is 2.60. The highest BCUT2D eigenvalue weighted by atomic mass is 35.5. The maximum absolute atomic E-state index is 11.7. The van der Waals surface area contributed by atoms with E-state index in [9.17, 15) is 9.90 Å². The number of carbonyl (C=O) groups is 1. The van der Waals surface area contributed by atoms with Gasteiger partial charge in [-0.25, -0.2) is 9.78 Å². The Balaban J connectivity index is 2.29. The van der Waals surface area contributed by atoms with Crippen LogP contribution in [0.3, 0.4) is 0 Å². The maximum atomic E-state index is 11.7. The number of aromatic carboxylic acids is 1. The third-order valence-corrected chi connectivity index (χ3v) is 4.25. The van der Waals surface area contributed by atoms with Crippen LogP contribution < -0.4 is 9.47 Å². The molecule has 7 heteroatoms. The van der Waals surface area contributed by atoms with Crippen LogP contribution in [0, 0.1) is 0 Å². The van der Waals surface area contributed by atoms with E-state index in [-0.39, 0.29) is 10.6 Å². The third kappa shape index (κ3) is 3.21. The number of carboxylic acid groups (broad SMARTS) is 1. The molecule has 0 aliphatic rings. The summed E-state index contributed by atoms with van der Waals surface area (Å²) < 4.78 is 10.5. The van der Waals surface area contributed by atoms with Crippen molar-refractivity contribution in [3.8, 4) is 22.8 Å². The molecule has 0 fully saturated rings. The van der Waals surface area contributed by atoms with E-state index in [2.05, 4.69) is 4.98 Å². The first-order valence-electron chi connectivity index (χ1n) is 7.20. The number of pyridine rings is 1. The van der Waals surface area contributed by atoms with E-state index in [1.165, 1.54) is 32.4 Å². The van der Waals surface area contributed by atoms with Crippen LogP contribution in [0.4, 0.5) is 0 Å². The van der Waals surface area contributed by atoms with Crippen molar-refractivity contribution in [2.24, 2.45) is 0 Å². The average molecular weight is 378 g/mol. The van der Waals surface area contributed by atoms with Gasteiger partial charge in [0.1, 0.15) is 0 Å². The van der Waals surface area contributed by atoms with Crippen LogP contribution >= 0.6 is 23.2 Å². The molecule has 25 heavy (non-hydrogen) atoms. The maximum Gasteiger partial charge on any atom is 0.336 e. The van der Waals surface area contributed by atoms with E-state index in [4.69, 9.17) is 32.7 Å². The number of carboxylic acids is 1. The number of benzene rings is 2. The Morgan fingerprint density at radius 2 is 1.76 bits per heavy atom. The number of methoxy groups -OCH3 is 2. The lowest BCUT2D eigenvalue weighted by molar-refractivity contribution is 0.0699. The summed E-state index contributed by atoms with van der Waals surface area (Å²) in [6, 6.07) is 9.77. The summed E-state index contributed by atoms with van der Waals surface area (Å²) >= 11 is 12.2. The Kier molecular flexibility index (Phi) is 4.70. The van der Waals surface area contributed by atoms with Gasteiger partial charge in [0.2, 0.25) is 0 Å². The molecule has 3 aromatic rings. The minimum Gasteiger partial charge on any atom is -0.493 e. The molecule has 0 aliphatic heterocycles. The molecule has 1 aromatic heterocycles. The molecule has 1 N–H and O–H groups in total. The van der Waals surface area contributed by atoms with Crippen LogP contribution in [-0.4, -0.2) is 30.3 Å². The van der Waals surface area contributed by atoms with E-state index in [1.54, 1.807) is 18.2 Å². The summed E-state index contributed by atoms with van der Waals surface area (Å²) in [5, 5.41) is 10.6. The second kappa shape index (κ2) is 6.78. The van der Waals surface area contributed by atoms with Crippen molar-refractivity contribution in [1.82, 2.24) is 4.98 Å². The van der Waals surface area contributed by atoms with Gasteiger partial charge in [0, 0.05) is 16.0 Å². The number of hydrogen-bond acceptors (Lipinski definition) is 4. The van der Waals surface area contributed by atoms with Gasteiger partial charge in [0.25, 0.3) is 0 Å². The monoisotopic (exact) mass is 377 g/mol. The predicted molar refractivity (Wildman–Crippen MR) is 97.3 cm³/mol. The van der Waals surface area contributed by atoms with Gasteiger partial charge in [0.05, 0.1) is 36.0 Å². The van der Waals surface area contributed by atoms with Crippen molar-refractivity contribution < 1.29 is 19.4 Å². The van der Waals surface area contributed by atoms with E-state index in [0.717, 1.165) is 0 Å². The van der Waals surface area contributed by atoms with Crippen LogP contribution in [0.15, 0.2) is 36.4 Å². The highest BCUT2D eigenvalue weighted by molar-refractivity contribution is 6.38. The molecule has 0 atom stereocenters. The zero-order valence-corrected chi connectivity index (χ0v) is 14.9. The standard InChI is InChI=1S/C18H13Cl2NO4/c1-24-15-4-3-9(5-16(15)25-2)14-8-12(18(22)23)11-6-10(19)7-13(20)17(11)21-14/h3-8H,1-2H3,(H,22,23). The molecule has 2 aromatic carbocycles. The quantitative estimate of drug-likeness (QED) is 0.698. The minimum atomic E-state index is -1.09. The first-order chi connectivity index (χ1) is 11.9. The Bertz CT molecular complexity index is 988. The first-order valence-corrected chi connectivity index (χ1v) is 7.95. The van der Waals surface area contributed by atoms with E-state index in [1.807, 2.05) is 0 Å². The van der Waals surface area contributed by atoms with Crippen LogP contribution in [0.2, 0.25) is 10.0 Å². The summed E-state index contributed by atoms with van der Waals surface area (Å²) in [5.74, 6) is -0.0104. The SMILES string of the molecule is COc1ccc(-c2cc(C(=O)O)c3cc(Cl)cc(Cl)c3n2)cc1OC. The predicted octanol–water partition coefficient (Wildman–Crippen LogP) is 4.92. The normalized spacial score (nSPS) is 10.7. The lowest BCUT2D eigenvalue weighted by Gasteiger charge is -2.12. The molecule has 0 spiro atoms. The van der Waals surface area contributed by atoms with Gasteiger partial charge in [0.15, 0.2) is 11.5 Å². The topological polar surface area (TPSA) is 68.7 Å². The number of rotatable bonds is 4. The van der Waals surface area contributed by atoms with Crippen molar-refractivity contribution >= 4 is 40.1 Å². The van der Waals surface area contributed by atoms with E-state index >= 15 is 0 Å². The molecule has 128 valence electrons. The molecule has 0 saturated carbocycles. The highest BCUT2D eigenvalue weighted by Crippen LogP contribution is 2.35. The zero-order chi connectivity index (χ0) is 18.1. The Morgan fingerprint density at radius 3 is 2.40 bits per heavy atom. The van der Waals surface area contributed by atoms with Crippen molar-refractivity contribution in [2.75, 3.05) is 14.2 Å². The summed E-state index contributed by atoms with van der Waals surface area (Å²) in [4.78, 5) is 16.2. The summed E-state index contributed by atoms with van der Waals surface area (Å²) in [6.07, 6.45) is 0. The molecule has 0 bridgehead atoms. The van der Waals surface area contributed by atoms with Gasteiger partial charge < -0.3 is 14.6 Å². The fraction of sp³-hybridized carbons (Fsp3) is 0.111. The largest absolute Gasteiger partial charge is 0.493 e. The van der Waals surface area contributed by atoms with E-state index < -0.39 is 5.97 Å². The van der Waals surface area contributed by atoms with Gasteiger partial charge in [-0.15, -0.1) is 0 Å². The fourth-order valence-corrected chi connectivity index (χ4v) is 3.11. The van der Waals surface area contributed by atoms with Crippen LogP contribution in [0.5, 0.6) is 11.5 Å². The molecule has 0 saturated heterocycles. The fourth-order valence-electron chi connectivity index (χ4n) is 2.57. The van der Waals surface area contributed by atoms with Gasteiger partial charge in [-0.2, -0.15) is 0 Å². The van der Waals surface area contributed by atoms with Gasteiger partial charge in [-0.05, 0) is 36.4 Å². The Labute approximate surface area is 153 Å².